The van der Waals surface area contributed by atoms with Crippen molar-refractivity contribution >= 4 is 33.4 Å². The second-order valence-corrected chi connectivity index (χ2v) is 7.28. The summed E-state index contributed by atoms with van der Waals surface area (Å²) in [5, 5.41) is 11.5. The predicted molar refractivity (Wildman–Crippen MR) is 111 cm³/mol. The van der Waals surface area contributed by atoms with Gasteiger partial charge in [0.1, 0.15) is 0 Å². The fourth-order valence-electron chi connectivity index (χ4n) is 2.80. The van der Waals surface area contributed by atoms with Gasteiger partial charge in [0.2, 0.25) is 5.75 Å². The number of halogens is 1. The number of rotatable bonds is 6. The number of aryl methyl sites for hydroxylation is 1. The van der Waals surface area contributed by atoms with Gasteiger partial charge in [-0.1, -0.05) is 52.3 Å². The van der Waals surface area contributed by atoms with E-state index in [9.17, 15) is 19.7 Å². The number of nitro benzene ring substituents is 1. The molecule has 0 bridgehead atoms. The molecule has 3 rings (SSSR count). The maximum atomic E-state index is 12.7. The van der Waals surface area contributed by atoms with Crippen molar-refractivity contribution in [2.45, 2.75) is 13.3 Å². The van der Waals surface area contributed by atoms with Gasteiger partial charge in [-0.2, -0.15) is 0 Å². The molecule has 7 heteroatoms. The van der Waals surface area contributed by atoms with Crippen molar-refractivity contribution in [3.05, 3.63) is 104 Å². The Labute approximate surface area is 175 Å². The Kier molecular flexibility index (Phi) is 6.19. The molecule has 0 aliphatic rings. The molecule has 0 unspecified atom stereocenters. The maximum Gasteiger partial charge on any atom is 0.315 e. The summed E-state index contributed by atoms with van der Waals surface area (Å²) in [7, 11) is 0. The number of benzene rings is 3. The van der Waals surface area contributed by atoms with Gasteiger partial charge in [0.15, 0.2) is 5.78 Å². The minimum absolute atomic E-state index is 0.0334. The molecule has 0 radical (unpaired) electrons. The van der Waals surface area contributed by atoms with Crippen molar-refractivity contribution in [3.8, 4) is 5.75 Å². The van der Waals surface area contributed by atoms with Crippen molar-refractivity contribution in [2.24, 2.45) is 0 Å². The standard InChI is InChI=1S/C22H16BrNO5/c1-14-4-2-3-5-18(14)22(26)16-8-11-20(19(13-16)24(27)28)29-21(25)12-15-6-9-17(23)10-7-15/h2-11,13H,12H2,1H3. The molecule has 0 aliphatic carbocycles. The van der Waals surface area contributed by atoms with Crippen molar-refractivity contribution < 1.29 is 19.2 Å². The van der Waals surface area contributed by atoms with Crippen molar-refractivity contribution in [3.63, 3.8) is 0 Å². The first-order chi connectivity index (χ1) is 13.8. The summed E-state index contributed by atoms with van der Waals surface area (Å²) in [5.74, 6) is -1.16. The Morgan fingerprint density at radius 3 is 2.38 bits per heavy atom. The molecule has 0 N–H and O–H groups in total. The quantitative estimate of drug-likeness (QED) is 0.171. The van der Waals surface area contributed by atoms with Gasteiger partial charge in [0.25, 0.3) is 0 Å². The Bertz CT molecular complexity index is 1090. The molecule has 146 valence electrons. The smallest absolute Gasteiger partial charge is 0.315 e. The molecule has 0 fully saturated rings. The molecule has 3 aromatic carbocycles. The van der Waals surface area contributed by atoms with Gasteiger partial charge in [-0.05, 0) is 42.3 Å². The largest absolute Gasteiger partial charge is 0.419 e. The molecular formula is C22H16BrNO5. The number of ketones is 1. The highest BCUT2D eigenvalue weighted by Crippen LogP contribution is 2.29. The van der Waals surface area contributed by atoms with E-state index in [0.29, 0.717) is 11.1 Å². The zero-order chi connectivity index (χ0) is 21.0. The molecule has 0 saturated carbocycles. The summed E-state index contributed by atoms with van der Waals surface area (Å²) in [6.45, 7) is 1.79. The van der Waals surface area contributed by atoms with E-state index in [1.54, 1.807) is 49.4 Å². The lowest BCUT2D eigenvalue weighted by atomic mass is 9.99. The number of esters is 1. The third kappa shape index (κ3) is 4.94. The van der Waals surface area contributed by atoms with Crippen LogP contribution in [0.5, 0.6) is 5.75 Å². The van der Waals surface area contributed by atoms with Crippen LogP contribution < -0.4 is 4.74 Å². The topological polar surface area (TPSA) is 86.5 Å². The van der Waals surface area contributed by atoms with E-state index in [2.05, 4.69) is 15.9 Å². The van der Waals surface area contributed by atoms with E-state index >= 15 is 0 Å². The van der Waals surface area contributed by atoms with Crippen LogP contribution in [0.3, 0.4) is 0 Å². The molecule has 0 saturated heterocycles. The van der Waals surface area contributed by atoms with E-state index < -0.39 is 16.6 Å². The number of hydrogen-bond donors (Lipinski definition) is 0. The van der Waals surface area contributed by atoms with Gasteiger partial charge in [0, 0.05) is 21.7 Å². The molecule has 3 aromatic rings. The van der Waals surface area contributed by atoms with Gasteiger partial charge in [-0.3, -0.25) is 19.7 Å². The zero-order valence-electron chi connectivity index (χ0n) is 15.4. The minimum atomic E-state index is -0.670. The number of ether oxygens (including phenoxy) is 1. The van der Waals surface area contributed by atoms with Gasteiger partial charge in [-0.15, -0.1) is 0 Å². The number of carbonyl (C=O) groups excluding carboxylic acids is 2. The third-order valence-electron chi connectivity index (χ3n) is 4.29. The number of hydrogen-bond acceptors (Lipinski definition) is 5. The van der Waals surface area contributed by atoms with Gasteiger partial charge in [0.05, 0.1) is 11.3 Å². The van der Waals surface area contributed by atoms with Crippen molar-refractivity contribution in [2.75, 3.05) is 0 Å². The van der Waals surface area contributed by atoms with Gasteiger partial charge < -0.3 is 4.74 Å². The lowest BCUT2D eigenvalue weighted by molar-refractivity contribution is -0.385. The lowest BCUT2D eigenvalue weighted by Crippen LogP contribution is -2.13. The van der Waals surface area contributed by atoms with Crippen LogP contribution in [-0.2, 0) is 11.2 Å². The summed E-state index contributed by atoms with van der Waals surface area (Å²) < 4.78 is 6.08. The van der Waals surface area contributed by atoms with Gasteiger partial charge in [-0.25, -0.2) is 0 Å². The zero-order valence-corrected chi connectivity index (χ0v) is 17.0. The van der Waals surface area contributed by atoms with Crippen LogP contribution >= 0.6 is 15.9 Å². The van der Waals surface area contributed by atoms with Crippen molar-refractivity contribution in [1.29, 1.82) is 0 Å². The summed E-state index contributed by atoms with van der Waals surface area (Å²) in [4.78, 5) is 35.7. The molecule has 0 aliphatic heterocycles. The molecule has 29 heavy (non-hydrogen) atoms. The monoisotopic (exact) mass is 453 g/mol. The number of carbonyl (C=O) groups is 2. The second kappa shape index (κ2) is 8.79. The second-order valence-electron chi connectivity index (χ2n) is 6.36. The van der Waals surface area contributed by atoms with Crippen LogP contribution in [0.1, 0.15) is 27.0 Å². The molecule has 0 atom stereocenters. The molecule has 0 spiro atoms. The SMILES string of the molecule is Cc1ccccc1C(=O)c1ccc(OC(=O)Cc2ccc(Br)cc2)c([N+](=O)[O-])c1. The van der Waals surface area contributed by atoms with Crippen LogP contribution in [0.15, 0.2) is 71.2 Å². The molecule has 0 heterocycles. The van der Waals surface area contributed by atoms with Gasteiger partial charge >= 0.3 is 11.7 Å². The first-order valence-corrected chi connectivity index (χ1v) is 9.48. The van der Waals surface area contributed by atoms with Crippen LogP contribution in [0.2, 0.25) is 0 Å². The number of nitro groups is 1. The fraction of sp³-hybridized carbons (Fsp3) is 0.0909. The predicted octanol–water partition coefficient (Wildman–Crippen LogP) is 5.04. The Morgan fingerprint density at radius 1 is 1.03 bits per heavy atom. The Hall–Kier alpha value is -3.32. The van der Waals surface area contributed by atoms with Crippen LogP contribution in [0.25, 0.3) is 0 Å². The average molecular weight is 454 g/mol. The Balaban J connectivity index is 1.83. The summed E-state index contributed by atoms with van der Waals surface area (Å²) in [6, 6.07) is 17.9. The van der Waals surface area contributed by atoms with E-state index in [0.717, 1.165) is 16.1 Å². The third-order valence-corrected chi connectivity index (χ3v) is 4.82. The fourth-order valence-corrected chi connectivity index (χ4v) is 3.06. The molecule has 0 aromatic heterocycles. The molecule has 0 amide bonds. The Morgan fingerprint density at radius 2 is 1.72 bits per heavy atom. The average Bonchev–Trinajstić information content (AvgIpc) is 2.69. The van der Waals surface area contributed by atoms with Crippen LogP contribution in [-0.4, -0.2) is 16.7 Å². The number of nitrogens with zero attached hydrogens (tertiary/aromatic N) is 1. The highest BCUT2D eigenvalue weighted by atomic mass is 79.9. The normalized spacial score (nSPS) is 10.4. The highest BCUT2D eigenvalue weighted by molar-refractivity contribution is 9.10. The van der Waals surface area contributed by atoms with Crippen LogP contribution in [0, 0.1) is 17.0 Å². The van der Waals surface area contributed by atoms with E-state index in [4.69, 9.17) is 4.74 Å². The summed E-state index contributed by atoms with van der Waals surface area (Å²) >= 11 is 3.31. The summed E-state index contributed by atoms with van der Waals surface area (Å²) in [6.07, 6.45) is -0.0334. The molecular weight excluding hydrogens is 438 g/mol. The van der Waals surface area contributed by atoms with Crippen LogP contribution in [0.4, 0.5) is 5.69 Å². The van der Waals surface area contributed by atoms with E-state index in [-0.39, 0.29) is 23.5 Å². The lowest BCUT2D eigenvalue weighted by Gasteiger charge is -2.08. The highest BCUT2D eigenvalue weighted by Gasteiger charge is 2.22. The van der Waals surface area contributed by atoms with Crippen molar-refractivity contribution in [1.82, 2.24) is 0 Å². The summed E-state index contributed by atoms with van der Waals surface area (Å²) in [5.41, 5.74) is 1.66. The first-order valence-electron chi connectivity index (χ1n) is 8.69. The first kappa shape index (κ1) is 20.4. The minimum Gasteiger partial charge on any atom is -0.419 e. The van der Waals surface area contributed by atoms with E-state index in [1.165, 1.54) is 12.1 Å². The van der Waals surface area contributed by atoms with E-state index in [1.807, 2.05) is 6.07 Å². The molecule has 6 nitrogen and oxygen atoms in total. The maximum absolute atomic E-state index is 12.7.